The molecule has 4 heteroatoms. The molecular formula is C10H15NO3. The van der Waals surface area contributed by atoms with Gasteiger partial charge >= 0.3 is 0 Å². The van der Waals surface area contributed by atoms with E-state index in [0.29, 0.717) is 13.0 Å². The SMILES string of the molecule is CCCCCOC1CC(=C=O)C(=O)N1. The highest BCUT2D eigenvalue weighted by Crippen LogP contribution is 2.12. The van der Waals surface area contributed by atoms with Gasteiger partial charge in [-0.3, -0.25) is 4.79 Å². The Balaban J connectivity index is 2.22. The van der Waals surface area contributed by atoms with Gasteiger partial charge in [0.25, 0.3) is 5.91 Å². The molecule has 0 aromatic rings. The number of hydrogen-bond donors (Lipinski definition) is 1. The molecule has 4 nitrogen and oxygen atoms in total. The zero-order chi connectivity index (χ0) is 10.4. The van der Waals surface area contributed by atoms with Crippen molar-refractivity contribution in [3.05, 3.63) is 5.57 Å². The smallest absolute Gasteiger partial charge is 0.260 e. The largest absolute Gasteiger partial charge is 0.358 e. The van der Waals surface area contributed by atoms with Gasteiger partial charge in [0.2, 0.25) is 0 Å². The first-order valence-electron chi connectivity index (χ1n) is 4.94. The van der Waals surface area contributed by atoms with Gasteiger partial charge in [-0.15, -0.1) is 0 Å². The van der Waals surface area contributed by atoms with E-state index in [0.717, 1.165) is 19.3 Å². The van der Waals surface area contributed by atoms with E-state index in [-0.39, 0.29) is 17.7 Å². The minimum atomic E-state index is -0.347. The first-order chi connectivity index (χ1) is 6.77. The number of nitrogens with one attached hydrogen (secondary N) is 1. The van der Waals surface area contributed by atoms with Gasteiger partial charge in [0, 0.05) is 13.0 Å². The molecule has 1 heterocycles. The fraction of sp³-hybridized carbons (Fsp3) is 0.700. The number of carbonyl (C=O) groups is 1. The van der Waals surface area contributed by atoms with Crippen LogP contribution in [-0.4, -0.2) is 24.7 Å². The summed E-state index contributed by atoms with van der Waals surface area (Å²) in [6.07, 6.45) is 3.27. The van der Waals surface area contributed by atoms with Crippen molar-refractivity contribution in [1.82, 2.24) is 5.32 Å². The lowest BCUT2D eigenvalue weighted by Crippen LogP contribution is -2.28. The first-order valence-corrected chi connectivity index (χ1v) is 4.94. The molecule has 1 N–H and O–H groups in total. The van der Waals surface area contributed by atoms with Crippen molar-refractivity contribution >= 4 is 11.8 Å². The Bertz CT molecular complexity index is 256. The number of rotatable bonds is 5. The highest BCUT2D eigenvalue weighted by Gasteiger charge is 2.27. The third kappa shape index (κ3) is 2.98. The van der Waals surface area contributed by atoms with Gasteiger partial charge < -0.3 is 10.1 Å². The van der Waals surface area contributed by atoms with Crippen LogP contribution in [0, 0.1) is 0 Å². The van der Waals surface area contributed by atoms with E-state index < -0.39 is 0 Å². The molecule has 1 saturated heterocycles. The number of unbranched alkanes of at least 4 members (excludes halogenated alkanes) is 2. The summed E-state index contributed by atoms with van der Waals surface area (Å²) in [6.45, 7) is 2.75. The lowest BCUT2D eigenvalue weighted by molar-refractivity contribution is -0.118. The van der Waals surface area contributed by atoms with E-state index in [9.17, 15) is 9.59 Å². The molecule has 0 radical (unpaired) electrons. The minimum Gasteiger partial charge on any atom is -0.358 e. The van der Waals surface area contributed by atoms with Crippen molar-refractivity contribution in [2.24, 2.45) is 0 Å². The fourth-order valence-corrected chi connectivity index (χ4v) is 1.33. The van der Waals surface area contributed by atoms with E-state index in [2.05, 4.69) is 12.2 Å². The van der Waals surface area contributed by atoms with Gasteiger partial charge in [0.15, 0.2) is 0 Å². The van der Waals surface area contributed by atoms with Crippen molar-refractivity contribution in [2.75, 3.05) is 6.61 Å². The fourth-order valence-electron chi connectivity index (χ4n) is 1.33. The van der Waals surface area contributed by atoms with E-state index in [1.165, 1.54) is 0 Å². The summed E-state index contributed by atoms with van der Waals surface area (Å²) >= 11 is 0. The summed E-state index contributed by atoms with van der Waals surface area (Å²) < 4.78 is 5.38. The van der Waals surface area contributed by atoms with Crippen LogP contribution in [0.2, 0.25) is 0 Å². The van der Waals surface area contributed by atoms with Crippen LogP contribution >= 0.6 is 0 Å². The Morgan fingerprint density at radius 1 is 1.57 bits per heavy atom. The second-order valence-corrected chi connectivity index (χ2v) is 3.32. The van der Waals surface area contributed by atoms with Crippen LogP contribution in [0.5, 0.6) is 0 Å². The molecule has 1 fully saturated rings. The molecule has 0 aromatic heterocycles. The Kier molecular flexibility index (Phi) is 4.36. The summed E-state index contributed by atoms with van der Waals surface area (Å²) in [5.74, 6) is 1.27. The molecule has 0 spiro atoms. The Labute approximate surface area is 83.3 Å². The lowest BCUT2D eigenvalue weighted by Gasteiger charge is -2.09. The second-order valence-electron chi connectivity index (χ2n) is 3.32. The van der Waals surface area contributed by atoms with Crippen LogP contribution in [-0.2, 0) is 14.3 Å². The Hall–Kier alpha value is -1.12. The van der Waals surface area contributed by atoms with E-state index in [4.69, 9.17) is 4.74 Å². The molecule has 0 aromatic carbocycles. The second kappa shape index (κ2) is 5.58. The molecule has 0 aliphatic carbocycles. The summed E-state index contributed by atoms with van der Waals surface area (Å²) in [6, 6.07) is 0. The van der Waals surface area contributed by atoms with Crippen LogP contribution in [0.4, 0.5) is 0 Å². The van der Waals surface area contributed by atoms with Crippen molar-refractivity contribution < 1.29 is 14.3 Å². The van der Waals surface area contributed by atoms with Gasteiger partial charge in [-0.1, -0.05) is 19.8 Å². The maximum Gasteiger partial charge on any atom is 0.260 e. The molecule has 1 atom stereocenters. The molecule has 0 saturated carbocycles. The highest BCUT2D eigenvalue weighted by atomic mass is 16.5. The molecule has 1 unspecified atom stereocenters. The first kappa shape index (κ1) is 11.0. The highest BCUT2D eigenvalue weighted by molar-refractivity contribution is 6.02. The third-order valence-electron chi connectivity index (χ3n) is 2.15. The molecule has 1 aliphatic heterocycles. The average molecular weight is 197 g/mol. The normalized spacial score (nSPS) is 20.8. The van der Waals surface area contributed by atoms with Crippen molar-refractivity contribution in [3.63, 3.8) is 0 Å². The maximum absolute atomic E-state index is 11.0. The van der Waals surface area contributed by atoms with E-state index in [1.807, 2.05) is 0 Å². The van der Waals surface area contributed by atoms with E-state index >= 15 is 0 Å². The van der Waals surface area contributed by atoms with Crippen LogP contribution in [0.3, 0.4) is 0 Å². The summed E-state index contributed by atoms with van der Waals surface area (Å²) in [5, 5.41) is 2.57. The molecule has 14 heavy (non-hydrogen) atoms. The van der Waals surface area contributed by atoms with Gasteiger partial charge in [-0.25, -0.2) is 4.79 Å². The minimum absolute atomic E-state index is 0.158. The molecular weight excluding hydrogens is 182 g/mol. The summed E-state index contributed by atoms with van der Waals surface area (Å²) in [7, 11) is 0. The molecule has 78 valence electrons. The van der Waals surface area contributed by atoms with Gasteiger partial charge in [0.1, 0.15) is 17.7 Å². The van der Waals surface area contributed by atoms with Crippen molar-refractivity contribution in [2.45, 2.75) is 38.8 Å². The zero-order valence-corrected chi connectivity index (χ0v) is 8.34. The van der Waals surface area contributed by atoms with Crippen molar-refractivity contribution in [3.8, 4) is 0 Å². The molecule has 1 rings (SSSR count). The predicted octanol–water partition coefficient (Wildman–Crippen LogP) is 0.797. The zero-order valence-electron chi connectivity index (χ0n) is 8.34. The molecule has 1 amide bonds. The van der Waals surface area contributed by atoms with Crippen LogP contribution < -0.4 is 5.32 Å². The molecule has 1 aliphatic rings. The van der Waals surface area contributed by atoms with E-state index in [1.54, 1.807) is 5.94 Å². The van der Waals surface area contributed by atoms with Crippen LogP contribution in [0.1, 0.15) is 32.6 Å². The topological polar surface area (TPSA) is 55.4 Å². The maximum atomic E-state index is 11.0. The summed E-state index contributed by atoms with van der Waals surface area (Å²) in [5.41, 5.74) is 0.158. The third-order valence-corrected chi connectivity index (χ3v) is 2.15. The standard InChI is InChI=1S/C10H15NO3/c1-2-3-4-5-14-9-6-8(7-12)10(13)11-9/h9H,2-6H2,1H3,(H,11,13). The van der Waals surface area contributed by atoms with Crippen LogP contribution in [0.25, 0.3) is 0 Å². The Morgan fingerprint density at radius 2 is 2.36 bits per heavy atom. The van der Waals surface area contributed by atoms with Gasteiger partial charge in [-0.2, -0.15) is 0 Å². The average Bonchev–Trinajstić information content (AvgIpc) is 2.54. The monoisotopic (exact) mass is 197 g/mol. The lowest BCUT2D eigenvalue weighted by atomic mass is 10.2. The number of amides is 1. The summed E-state index contributed by atoms with van der Waals surface area (Å²) in [4.78, 5) is 21.3. The predicted molar refractivity (Wildman–Crippen MR) is 51.2 cm³/mol. The van der Waals surface area contributed by atoms with Crippen molar-refractivity contribution in [1.29, 1.82) is 0 Å². The van der Waals surface area contributed by atoms with Crippen LogP contribution in [0.15, 0.2) is 5.57 Å². The number of ether oxygens (including phenoxy) is 1. The quantitative estimate of drug-likeness (QED) is 0.403. The Morgan fingerprint density at radius 3 is 2.93 bits per heavy atom. The number of carbonyl (C=O) groups excluding carboxylic acids is 2. The van der Waals surface area contributed by atoms with Gasteiger partial charge in [-0.05, 0) is 6.42 Å². The van der Waals surface area contributed by atoms with Gasteiger partial charge in [0.05, 0.1) is 0 Å². The molecule has 0 bridgehead atoms. The number of hydrogen-bond acceptors (Lipinski definition) is 3.